The number of ether oxygens (including phenoxy) is 2. The number of hydrogen-bond acceptors (Lipinski definition) is 4. The quantitative estimate of drug-likeness (QED) is 0.442. The maximum atomic E-state index is 12.2. The fourth-order valence-electron chi connectivity index (χ4n) is 2.28. The zero-order valence-corrected chi connectivity index (χ0v) is 16.0. The van der Waals surface area contributed by atoms with Crippen molar-refractivity contribution in [3.63, 3.8) is 0 Å². The molecule has 0 aromatic heterocycles. The highest BCUT2D eigenvalue weighted by Gasteiger charge is 2.10. The number of amides is 1. The van der Waals surface area contributed by atoms with E-state index in [2.05, 4.69) is 5.32 Å². The van der Waals surface area contributed by atoms with Gasteiger partial charge in [-0.05, 0) is 48.5 Å². The first-order valence-electron chi connectivity index (χ1n) is 8.26. The van der Waals surface area contributed by atoms with Crippen LogP contribution in [0.25, 0.3) is 0 Å². The molecule has 5 nitrogen and oxygen atoms in total. The second-order valence-electron chi connectivity index (χ2n) is 5.68. The van der Waals surface area contributed by atoms with Gasteiger partial charge in [-0.15, -0.1) is 0 Å². The van der Waals surface area contributed by atoms with Gasteiger partial charge >= 0.3 is 5.97 Å². The van der Waals surface area contributed by atoms with Crippen LogP contribution in [0.4, 0.5) is 5.69 Å². The van der Waals surface area contributed by atoms with E-state index in [0.29, 0.717) is 32.8 Å². The lowest BCUT2D eigenvalue weighted by Gasteiger charge is -2.09. The third kappa shape index (κ3) is 5.49. The minimum Gasteiger partial charge on any atom is -0.480 e. The molecule has 0 fully saturated rings. The fourth-order valence-corrected chi connectivity index (χ4v) is 2.62. The summed E-state index contributed by atoms with van der Waals surface area (Å²) in [4.78, 5) is 24.1. The first-order chi connectivity index (χ1) is 13.5. The van der Waals surface area contributed by atoms with Crippen LogP contribution in [0, 0.1) is 0 Å². The Balaban J connectivity index is 1.54. The van der Waals surface area contributed by atoms with Crippen molar-refractivity contribution < 1.29 is 19.1 Å². The van der Waals surface area contributed by atoms with Crippen molar-refractivity contribution >= 4 is 40.8 Å². The topological polar surface area (TPSA) is 64.6 Å². The summed E-state index contributed by atoms with van der Waals surface area (Å²) in [5.74, 6) is -0.290. The molecule has 1 N–H and O–H groups in total. The summed E-state index contributed by atoms with van der Waals surface area (Å²) in [6.07, 6.45) is 0. The number of carbonyl (C=O) groups is 2. The molecule has 0 spiro atoms. The lowest BCUT2D eigenvalue weighted by molar-refractivity contribution is -0.136. The number of nitrogens with one attached hydrogen (secondary N) is 1. The minimum atomic E-state index is -0.613. The number of hydrogen-bond donors (Lipinski definition) is 1. The van der Waals surface area contributed by atoms with Gasteiger partial charge in [0.1, 0.15) is 11.5 Å². The standard InChI is InChI=1S/C21H15Cl2NO4/c22-15-8-11-18(23)19(12-15)27-13-20(25)28-17-9-6-14(7-10-17)21(26)24-16-4-2-1-3-5-16/h1-12H,13H2,(H,24,26). The van der Waals surface area contributed by atoms with E-state index >= 15 is 0 Å². The van der Waals surface area contributed by atoms with Crippen LogP contribution >= 0.6 is 23.2 Å². The number of para-hydroxylation sites is 1. The molecule has 0 unspecified atom stereocenters. The van der Waals surface area contributed by atoms with Gasteiger partial charge in [0, 0.05) is 22.3 Å². The number of halogens is 2. The van der Waals surface area contributed by atoms with Crippen molar-refractivity contribution in [2.24, 2.45) is 0 Å². The molecule has 3 rings (SSSR count). The van der Waals surface area contributed by atoms with Gasteiger partial charge < -0.3 is 14.8 Å². The van der Waals surface area contributed by atoms with Crippen molar-refractivity contribution in [3.05, 3.63) is 88.4 Å². The highest BCUT2D eigenvalue weighted by atomic mass is 35.5. The van der Waals surface area contributed by atoms with E-state index < -0.39 is 5.97 Å². The molecule has 0 aliphatic rings. The maximum absolute atomic E-state index is 12.2. The summed E-state index contributed by atoms with van der Waals surface area (Å²) in [5.41, 5.74) is 1.13. The van der Waals surface area contributed by atoms with Crippen molar-refractivity contribution in [1.29, 1.82) is 0 Å². The summed E-state index contributed by atoms with van der Waals surface area (Å²) >= 11 is 11.8. The normalized spacial score (nSPS) is 10.2. The van der Waals surface area contributed by atoms with Gasteiger partial charge in [0.2, 0.25) is 0 Å². The molecule has 0 aliphatic carbocycles. The Labute approximate surface area is 171 Å². The van der Waals surface area contributed by atoms with Gasteiger partial charge in [-0.1, -0.05) is 41.4 Å². The third-order valence-electron chi connectivity index (χ3n) is 3.62. The predicted octanol–water partition coefficient (Wildman–Crippen LogP) is 5.23. The highest BCUT2D eigenvalue weighted by Crippen LogP contribution is 2.27. The van der Waals surface area contributed by atoms with Gasteiger partial charge in [0.05, 0.1) is 5.02 Å². The van der Waals surface area contributed by atoms with Crippen LogP contribution in [0.2, 0.25) is 10.0 Å². The van der Waals surface area contributed by atoms with Gasteiger partial charge in [0.25, 0.3) is 5.91 Å². The van der Waals surface area contributed by atoms with Crippen molar-refractivity contribution in [2.75, 3.05) is 11.9 Å². The molecule has 3 aromatic rings. The third-order valence-corrected chi connectivity index (χ3v) is 4.17. The Morgan fingerprint density at radius 1 is 0.893 bits per heavy atom. The average Bonchev–Trinajstić information content (AvgIpc) is 2.70. The summed E-state index contributed by atoms with van der Waals surface area (Å²) in [5, 5.41) is 3.56. The zero-order chi connectivity index (χ0) is 19.9. The van der Waals surface area contributed by atoms with Gasteiger partial charge in [-0.25, -0.2) is 4.79 Å². The fraction of sp³-hybridized carbons (Fsp3) is 0.0476. The molecule has 7 heteroatoms. The molecule has 0 saturated heterocycles. The molecule has 0 heterocycles. The monoisotopic (exact) mass is 415 g/mol. The zero-order valence-electron chi connectivity index (χ0n) is 14.5. The Bertz CT molecular complexity index is 975. The number of anilines is 1. The second kappa shape index (κ2) is 9.26. The van der Waals surface area contributed by atoms with Gasteiger partial charge in [-0.2, -0.15) is 0 Å². The highest BCUT2D eigenvalue weighted by molar-refractivity contribution is 6.34. The average molecular weight is 416 g/mol. The second-order valence-corrected chi connectivity index (χ2v) is 6.53. The molecule has 3 aromatic carbocycles. The van der Waals surface area contributed by atoms with Crippen molar-refractivity contribution in [3.8, 4) is 11.5 Å². The van der Waals surface area contributed by atoms with E-state index in [1.807, 2.05) is 18.2 Å². The Hall–Kier alpha value is -3.02. The first-order valence-corrected chi connectivity index (χ1v) is 9.02. The Morgan fingerprint density at radius 2 is 1.61 bits per heavy atom. The summed E-state index contributed by atoms with van der Waals surface area (Å²) < 4.78 is 10.5. The van der Waals surface area contributed by atoms with E-state index in [-0.39, 0.29) is 12.5 Å². The Kier molecular flexibility index (Phi) is 6.53. The SMILES string of the molecule is O=C(COc1cc(Cl)ccc1Cl)Oc1ccc(C(=O)Nc2ccccc2)cc1. The van der Waals surface area contributed by atoms with E-state index in [1.165, 1.54) is 18.2 Å². The van der Waals surface area contributed by atoms with E-state index in [9.17, 15) is 9.59 Å². The van der Waals surface area contributed by atoms with E-state index in [1.54, 1.807) is 36.4 Å². The van der Waals surface area contributed by atoms with Crippen LogP contribution in [-0.2, 0) is 4.79 Å². The maximum Gasteiger partial charge on any atom is 0.349 e. The molecule has 0 radical (unpaired) electrons. The van der Waals surface area contributed by atoms with Crippen LogP contribution in [-0.4, -0.2) is 18.5 Å². The van der Waals surface area contributed by atoms with E-state index in [0.717, 1.165) is 0 Å². The molecule has 0 bridgehead atoms. The van der Waals surface area contributed by atoms with Crippen molar-refractivity contribution in [1.82, 2.24) is 0 Å². The lowest BCUT2D eigenvalue weighted by Crippen LogP contribution is -2.18. The van der Waals surface area contributed by atoms with Crippen LogP contribution < -0.4 is 14.8 Å². The number of carbonyl (C=O) groups excluding carboxylic acids is 2. The molecular formula is C21H15Cl2NO4. The van der Waals surface area contributed by atoms with Crippen molar-refractivity contribution in [2.45, 2.75) is 0 Å². The minimum absolute atomic E-state index is 0.261. The lowest BCUT2D eigenvalue weighted by atomic mass is 10.2. The first kappa shape index (κ1) is 19.7. The van der Waals surface area contributed by atoms with E-state index in [4.69, 9.17) is 32.7 Å². The van der Waals surface area contributed by atoms with Crippen LogP contribution in [0.15, 0.2) is 72.8 Å². The smallest absolute Gasteiger partial charge is 0.349 e. The largest absolute Gasteiger partial charge is 0.480 e. The van der Waals surface area contributed by atoms with Crippen LogP contribution in [0.3, 0.4) is 0 Å². The van der Waals surface area contributed by atoms with Crippen LogP contribution in [0.1, 0.15) is 10.4 Å². The molecule has 28 heavy (non-hydrogen) atoms. The Morgan fingerprint density at radius 3 is 2.32 bits per heavy atom. The number of esters is 1. The van der Waals surface area contributed by atoms with Gasteiger partial charge in [0.15, 0.2) is 6.61 Å². The molecule has 142 valence electrons. The molecular weight excluding hydrogens is 401 g/mol. The molecule has 0 saturated carbocycles. The predicted molar refractivity (Wildman–Crippen MR) is 108 cm³/mol. The number of benzene rings is 3. The molecule has 0 atom stereocenters. The van der Waals surface area contributed by atoms with Gasteiger partial charge in [-0.3, -0.25) is 4.79 Å². The molecule has 1 amide bonds. The summed E-state index contributed by atoms with van der Waals surface area (Å²) in [6, 6.07) is 20.0. The summed E-state index contributed by atoms with van der Waals surface area (Å²) in [7, 11) is 0. The molecule has 0 aliphatic heterocycles. The summed E-state index contributed by atoms with van der Waals surface area (Å²) in [6.45, 7) is -0.337. The number of rotatable bonds is 6. The van der Waals surface area contributed by atoms with Crippen LogP contribution in [0.5, 0.6) is 11.5 Å².